The number of nitrogens with zero attached hydrogens (tertiary/aromatic N) is 2. The van der Waals surface area contributed by atoms with Crippen molar-refractivity contribution < 1.29 is 28.5 Å². The first-order chi connectivity index (χ1) is 10.5. The van der Waals surface area contributed by atoms with Crippen molar-refractivity contribution in [2.24, 2.45) is 11.8 Å². The van der Waals surface area contributed by atoms with Crippen molar-refractivity contribution in [1.82, 2.24) is 0 Å². The Balaban J connectivity index is 1.99. The maximum Gasteiger partial charge on any atom is 0.505 e. The van der Waals surface area contributed by atoms with Gasteiger partial charge in [-0.05, 0) is 43.0 Å². The third kappa shape index (κ3) is 2.61. The molecule has 1 unspecified atom stereocenters. The molecule has 0 bridgehead atoms. The number of amides is 3. The van der Waals surface area contributed by atoms with Crippen LogP contribution in [0.4, 0.5) is 14.9 Å². The smallest absolute Gasteiger partial charge is 0.480 e. The summed E-state index contributed by atoms with van der Waals surface area (Å²) in [5.41, 5.74) is 0.163. The molecule has 7 heteroatoms. The number of halogens is 1. The Hall–Kier alpha value is -2.57. The highest BCUT2D eigenvalue weighted by Gasteiger charge is 2.48. The summed E-state index contributed by atoms with van der Waals surface area (Å²) < 4.78 is 14.3. The van der Waals surface area contributed by atoms with Gasteiger partial charge in [0, 0.05) is 0 Å². The fourth-order valence-electron chi connectivity index (χ4n) is 2.38. The molecule has 6 nitrogen and oxygen atoms in total. The van der Waals surface area contributed by atoms with Crippen LogP contribution in [0.5, 0.6) is 0 Å². The Kier molecular flexibility index (Phi) is 3.48. The van der Waals surface area contributed by atoms with E-state index in [-0.39, 0.29) is 5.69 Å². The van der Waals surface area contributed by atoms with Gasteiger partial charge in [-0.15, -0.1) is 4.90 Å². The fraction of sp³-hybridized carbons (Fsp3) is 0.333. The van der Waals surface area contributed by atoms with Crippen LogP contribution in [0.1, 0.15) is 12.8 Å². The van der Waals surface area contributed by atoms with Crippen LogP contribution in [0.15, 0.2) is 24.3 Å². The van der Waals surface area contributed by atoms with Crippen LogP contribution < -0.4 is 4.90 Å². The maximum atomic E-state index is 13.0. The van der Waals surface area contributed by atoms with Crippen LogP contribution in [-0.2, 0) is 9.59 Å². The van der Waals surface area contributed by atoms with Gasteiger partial charge in [0.1, 0.15) is 11.5 Å². The Bertz CT molecular complexity index is 679. The number of carboxylic acids is 1. The van der Waals surface area contributed by atoms with Crippen LogP contribution in [-0.4, -0.2) is 40.3 Å². The number of carbonyl (C=O) groups is 3. The van der Waals surface area contributed by atoms with Crippen LogP contribution in [0.25, 0.3) is 0 Å². The summed E-state index contributed by atoms with van der Waals surface area (Å²) in [5.74, 6) is -3.72. The lowest BCUT2D eigenvalue weighted by Gasteiger charge is -2.21. The number of carbonyl (C=O) groups excluding carboxylic acids is 2. The van der Waals surface area contributed by atoms with Crippen LogP contribution in [0, 0.1) is 17.7 Å². The average molecular weight is 305 g/mol. The number of rotatable bonds is 4. The molecule has 1 N–H and O–H groups in total. The minimum atomic E-state index is -1.42. The van der Waals surface area contributed by atoms with E-state index < -0.39 is 29.6 Å². The van der Waals surface area contributed by atoms with Gasteiger partial charge in [-0.2, -0.15) is 9.37 Å². The van der Waals surface area contributed by atoms with E-state index in [4.69, 9.17) is 0 Å². The van der Waals surface area contributed by atoms with E-state index in [1.807, 2.05) is 0 Å². The molecule has 1 aliphatic carbocycles. The SMILES string of the molecule is O=C(O)C1C=[N+](CC2CC2)C(=O)N(c2ccc(F)cc2)C1=O. The molecule has 114 valence electrons. The monoisotopic (exact) mass is 305 g/mol. The third-order valence-electron chi connectivity index (χ3n) is 3.76. The van der Waals surface area contributed by atoms with E-state index >= 15 is 0 Å². The van der Waals surface area contributed by atoms with Gasteiger partial charge >= 0.3 is 17.9 Å². The molecule has 0 spiro atoms. The molecule has 3 rings (SSSR count). The van der Waals surface area contributed by atoms with Gasteiger partial charge in [-0.25, -0.2) is 9.18 Å². The second-order valence-electron chi connectivity index (χ2n) is 5.49. The predicted octanol–water partition coefficient (Wildman–Crippen LogP) is 1.49. The Morgan fingerprint density at radius 2 is 1.91 bits per heavy atom. The number of aliphatic carboxylic acids is 1. The molecular weight excluding hydrogens is 291 g/mol. The lowest BCUT2D eigenvalue weighted by Crippen LogP contribution is -2.54. The number of imide groups is 1. The van der Waals surface area contributed by atoms with Crippen LogP contribution >= 0.6 is 0 Å². The Morgan fingerprint density at radius 3 is 2.45 bits per heavy atom. The molecule has 1 aliphatic heterocycles. The molecule has 1 aromatic rings. The number of benzene rings is 1. The van der Waals surface area contributed by atoms with Gasteiger partial charge in [0.2, 0.25) is 5.92 Å². The second kappa shape index (κ2) is 5.32. The molecule has 0 aromatic heterocycles. The van der Waals surface area contributed by atoms with Crippen molar-refractivity contribution in [3.63, 3.8) is 0 Å². The first-order valence-corrected chi connectivity index (χ1v) is 6.95. The molecule has 22 heavy (non-hydrogen) atoms. The molecule has 1 aromatic carbocycles. The van der Waals surface area contributed by atoms with Gasteiger partial charge in [0.15, 0.2) is 0 Å². The second-order valence-corrected chi connectivity index (χ2v) is 5.49. The zero-order valence-electron chi connectivity index (χ0n) is 11.6. The summed E-state index contributed by atoms with van der Waals surface area (Å²) in [6.07, 6.45) is 3.14. The summed E-state index contributed by atoms with van der Waals surface area (Å²) in [6, 6.07) is 4.21. The molecule has 0 radical (unpaired) electrons. The number of urea groups is 1. The lowest BCUT2D eigenvalue weighted by atomic mass is 10.1. The number of anilines is 1. The minimum absolute atomic E-state index is 0.163. The van der Waals surface area contributed by atoms with Gasteiger partial charge in [-0.3, -0.25) is 4.79 Å². The highest BCUT2D eigenvalue weighted by molar-refractivity contribution is 6.25. The Labute approximate surface area is 125 Å². The van der Waals surface area contributed by atoms with Gasteiger partial charge in [0.25, 0.3) is 0 Å². The summed E-state index contributed by atoms with van der Waals surface area (Å²) in [5, 5.41) is 9.19. The van der Waals surface area contributed by atoms with Crippen molar-refractivity contribution in [3.05, 3.63) is 30.1 Å². The number of hydrogen-bond donors (Lipinski definition) is 1. The summed E-state index contributed by atoms with van der Waals surface area (Å²) >= 11 is 0. The first kappa shape index (κ1) is 14.4. The highest BCUT2D eigenvalue weighted by atomic mass is 19.1. The van der Waals surface area contributed by atoms with Crippen molar-refractivity contribution >= 4 is 29.8 Å². The van der Waals surface area contributed by atoms with E-state index in [2.05, 4.69) is 0 Å². The molecule has 1 atom stereocenters. The largest absolute Gasteiger partial charge is 0.505 e. The molecule has 1 heterocycles. The molecule has 2 aliphatic rings. The molecular formula is C15H14FN2O4+. The van der Waals surface area contributed by atoms with E-state index in [0.717, 1.165) is 29.9 Å². The van der Waals surface area contributed by atoms with E-state index in [1.54, 1.807) is 0 Å². The molecule has 1 fully saturated rings. The van der Waals surface area contributed by atoms with E-state index in [9.17, 15) is 23.9 Å². The molecule has 1 saturated carbocycles. The highest BCUT2D eigenvalue weighted by Crippen LogP contribution is 2.30. The van der Waals surface area contributed by atoms with Crippen LogP contribution in [0.2, 0.25) is 0 Å². The Morgan fingerprint density at radius 1 is 1.27 bits per heavy atom. The first-order valence-electron chi connectivity index (χ1n) is 6.95. The average Bonchev–Trinajstić information content (AvgIpc) is 3.28. The number of carboxylic acid groups (broad SMARTS) is 1. The summed E-state index contributed by atoms with van der Waals surface area (Å²) in [4.78, 5) is 36.8. The van der Waals surface area contributed by atoms with Crippen LogP contribution in [0.3, 0.4) is 0 Å². The standard InChI is InChI=1S/C15H13FN2O4/c16-10-3-5-11(6-4-10)18-13(19)12(14(20)21)8-17(15(18)22)7-9-1-2-9/h3-6,8-9,12H,1-2,7H2/p+1. The minimum Gasteiger partial charge on any atom is -0.480 e. The molecule has 3 amide bonds. The van der Waals surface area contributed by atoms with Crippen molar-refractivity contribution in [2.45, 2.75) is 12.8 Å². The normalized spacial score (nSPS) is 21.8. The zero-order valence-corrected chi connectivity index (χ0v) is 11.6. The fourth-order valence-corrected chi connectivity index (χ4v) is 2.38. The van der Waals surface area contributed by atoms with Gasteiger partial charge in [-0.1, -0.05) is 0 Å². The maximum absolute atomic E-state index is 13.0. The quantitative estimate of drug-likeness (QED) is 0.675. The third-order valence-corrected chi connectivity index (χ3v) is 3.76. The lowest BCUT2D eigenvalue weighted by molar-refractivity contribution is -0.428. The van der Waals surface area contributed by atoms with Gasteiger partial charge < -0.3 is 5.11 Å². The van der Waals surface area contributed by atoms with Crippen molar-refractivity contribution in [2.75, 3.05) is 11.4 Å². The summed E-state index contributed by atoms with van der Waals surface area (Å²) in [6.45, 7) is 0.396. The van der Waals surface area contributed by atoms with E-state index in [0.29, 0.717) is 12.5 Å². The van der Waals surface area contributed by atoms with Crippen molar-refractivity contribution in [1.29, 1.82) is 0 Å². The van der Waals surface area contributed by atoms with Gasteiger partial charge in [0.05, 0.1) is 12.8 Å². The van der Waals surface area contributed by atoms with E-state index in [1.165, 1.54) is 22.9 Å². The zero-order chi connectivity index (χ0) is 15.9. The summed E-state index contributed by atoms with van der Waals surface area (Å²) in [7, 11) is 0. The molecule has 0 saturated heterocycles. The van der Waals surface area contributed by atoms with Crippen molar-refractivity contribution in [3.8, 4) is 0 Å². The topological polar surface area (TPSA) is 77.7 Å². The predicted molar refractivity (Wildman–Crippen MR) is 74.3 cm³/mol. The number of hydrogen-bond acceptors (Lipinski definition) is 3.